The van der Waals surface area contributed by atoms with Gasteiger partial charge in [0.15, 0.2) is 0 Å². The van der Waals surface area contributed by atoms with Gasteiger partial charge in [-0.05, 0) is 61.6 Å². The van der Waals surface area contributed by atoms with Crippen LogP contribution >= 0.6 is 11.6 Å². The van der Waals surface area contributed by atoms with Crippen molar-refractivity contribution in [2.45, 2.75) is 32.1 Å². The van der Waals surface area contributed by atoms with Gasteiger partial charge in [0.05, 0.1) is 0 Å². The minimum atomic E-state index is -0.0365. The Bertz CT molecular complexity index is 1240. The molecule has 1 saturated heterocycles. The maximum Gasteiger partial charge on any atom is 0.274 e. The second-order valence-corrected chi connectivity index (χ2v) is 8.74. The summed E-state index contributed by atoms with van der Waals surface area (Å²) in [7, 11) is 0. The number of halogens is 1. The van der Waals surface area contributed by atoms with E-state index >= 15 is 0 Å². The molecule has 162 valence electrons. The highest BCUT2D eigenvalue weighted by atomic mass is 35.5. The van der Waals surface area contributed by atoms with Crippen molar-refractivity contribution in [2.75, 3.05) is 13.1 Å². The first-order chi connectivity index (χ1) is 15.6. The lowest BCUT2D eigenvalue weighted by molar-refractivity contribution is 0.0706. The largest absolute Gasteiger partial charge is 0.337 e. The summed E-state index contributed by atoms with van der Waals surface area (Å²) in [5.74, 6) is 0.845. The van der Waals surface area contributed by atoms with Crippen LogP contribution in [0.15, 0.2) is 61.1 Å². The number of nitrogens with zero attached hydrogens (tertiary/aromatic N) is 5. The van der Waals surface area contributed by atoms with Gasteiger partial charge in [0.2, 0.25) is 5.78 Å². The first-order valence-electron chi connectivity index (χ1n) is 10.9. The second kappa shape index (κ2) is 8.71. The monoisotopic (exact) mass is 445 g/mol. The molecule has 0 bridgehead atoms. The van der Waals surface area contributed by atoms with E-state index in [9.17, 15) is 4.79 Å². The summed E-state index contributed by atoms with van der Waals surface area (Å²) in [5, 5.41) is 0.789. The van der Waals surface area contributed by atoms with E-state index in [0.29, 0.717) is 30.5 Å². The molecule has 6 nitrogen and oxygen atoms in total. The lowest BCUT2D eigenvalue weighted by atomic mass is 9.91. The minimum Gasteiger partial charge on any atom is -0.337 e. The molecule has 1 aromatic carbocycles. The van der Waals surface area contributed by atoms with E-state index in [4.69, 9.17) is 16.6 Å². The predicted molar refractivity (Wildman–Crippen MR) is 124 cm³/mol. The summed E-state index contributed by atoms with van der Waals surface area (Å²) < 4.78 is 1.77. The molecule has 3 aromatic heterocycles. The Morgan fingerprint density at radius 3 is 2.72 bits per heavy atom. The van der Waals surface area contributed by atoms with Crippen molar-refractivity contribution in [1.82, 2.24) is 24.3 Å². The molecular weight excluding hydrogens is 422 g/mol. The normalized spacial score (nSPS) is 14.8. The molecule has 4 aromatic rings. The number of rotatable bonds is 4. The van der Waals surface area contributed by atoms with E-state index in [1.807, 2.05) is 42.3 Å². The second-order valence-electron chi connectivity index (χ2n) is 8.33. The lowest BCUT2D eigenvalue weighted by Crippen LogP contribution is -2.38. The summed E-state index contributed by atoms with van der Waals surface area (Å²) in [6, 6.07) is 14.1. The third-order valence-corrected chi connectivity index (χ3v) is 6.41. The van der Waals surface area contributed by atoms with E-state index in [0.717, 1.165) is 41.2 Å². The Balaban J connectivity index is 1.28. The molecule has 1 aliphatic heterocycles. The van der Waals surface area contributed by atoms with Gasteiger partial charge >= 0.3 is 0 Å². The molecular formula is C25H24ClN5O. The van der Waals surface area contributed by atoms with Crippen LogP contribution in [0.25, 0.3) is 5.78 Å². The van der Waals surface area contributed by atoms with Crippen molar-refractivity contribution in [3.05, 3.63) is 94.3 Å². The van der Waals surface area contributed by atoms with E-state index in [1.165, 1.54) is 5.56 Å². The predicted octanol–water partition coefficient (Wildman–Crippen LogP) is 4.70. The molecule has 0 unspecified atom stereocenters. The molecule has 1 aliphatic rings. The average Bonchev–Trinajstić information content (AvgIpc) is 3.24. The molecule has 4 heterocycles. The standard InChI is InChI=1S/C25H24ClN5O/c1-17-13-18(14-20-5-2-3-6-21(20)26)15-22(28-17)19-7-11-30(12-8-19)24(32)23-16-31-10-4-9-27-25(31)29-23/h2-6,9-10,13,15-16,19H,7-8,11-12,14H2,1H3. The van der Waals surface area contributed by atoms with Crippen molar-refractivity contribution in [3.8, 4) is 0 Å². The molecule has 0 saturated carbocycles. The van der Waals surface area contributed by atoms with Crippen molar-refractivity contribution >= 4 is 23.3 Å². The minimum absolute atomic E-state index is 0.0365. The number of fused-ring (bicyclic) bond motifs is 1. The Morgan fingerprint density at radius 2 is 1.94 bits per heavy atom. The molecule has 1 fully saturated rings. The highest BCUT2D eigenvalue weighted by Crippen LogP contribution is 2.29. The van der Waals surface area contributed by atoms with Gasteiger partial charge in [0.1, 0.15) is 5.69 Å². The van der Waals surface area contributed by atoms with Crippen molar-refractivity contribution in [2.24, 2.45) is 0 Å². The number of benzene rings is 1. The van der Waals surface area contributed by atoms with Crippen molar-refractivity contribution < 1.29 is 4.79 Å². The highest BCUT2D eigenvalue weighted by molar-refractivity contribution is 6.31. The van der Waals surface area contributed by atoms with Crippen LogP contribution in [0.3, 0.4) is 0 Å². The zero-order chi connectivity index (χ0) is 22.1. The fourth-order valence-electron chi connectivity index (χ4n) is 4.41. The lowest BCUT2D eigenvalue weighted by Gasteiger charge is -2.31. The van der Waals surface area contributed by atoms with Crippen LogP contribution in [-0.2, 0) is 6.42 Å². The van der Waals surface area contributed by atoms with E-state index < -0.39 is 0 Å². The maximum absolute atomic E-state index is 13.0. The highest BCUT2D eigenvalue weighted by Gasteiger charge is 2.27. The van der Waals surface area contributed by atoms with Crippen LogP contribution < -0.4 is 0 Å². The van der Waals surface area contributed by atoms with E-state index in [2.05, 4.69) is 28.2 Å². The number of piperidine rings is 1. The summed E-state index contributed by atoms with van der Waals surface area (Å²) >= 11 is 6.36. The van der Waals surface area contributed by atoms with Crippen LogP contribution in [0.5, 0.6) is 0 Å². The molecule has 0 aliphatic carbocycles. The summed E-state index contributed by atoms with van der Waals surface area (Å²) in [6.45, 7) is 3.43. The zero-order valence-electron chi connectivity index (χ0n) is 17.9. The third kappa shape index (κ3) is 4.23. The van der Waals surface area contributed by atoms with Crippen LogP contribution in [-0.4, -0.2) is 43.2 Å². The number of hydrogen-bond donors (Lipinski definition) is 0. The molecule has 1 amide bonds. The Kier molecular flexibility index (Phi) is 5.62. The van der Waals surface area contributed by atoms with Crippen LogP contribution in [0.2, 0.25) is 5.02 Å². The van der Waals surface area contributed by atoms with Crippen LogP contribution in [0, 0.1) is 6.92 Å². The van der Waals surface area contributed by atoms with Crippen LogP contribution in [0.1, 0.15) is 51.8 Å². The van der Waals surface area contributed by atoms with Crippen LogP contribution in [0.4, 0.5) is 0 Å². The summed E-state index contributed by atoms with van der Waals surface area (Å²) in [5.41, 5.74) is 4.90. The smallest absolute Gasteiger partial charge is 0.274 e. The number of aromatic nitrogens is 4. The van der Waals surface area contributed by atoms with Crippen molar-refractivity contribution in [1.29, 1.82) is 0 Å². The molecule has 0 N–H and O–H groups in total. The number of aryl methyl sites for hydroxylation is 1. The van der Waals surface area contributed by atoms with Gasteiger partial charge in [0.25, 0.3) is 5.91 Å². The van der Waals surface area contributed by atoms with Gasteiger partial charge in [-0.1, -0.05) is 29.8 Å². The first kappa shape index (κ1) is 20.6. The fourth-order valence-corrected chi connectivity index (χ4v) is 4.62. The van der Waals surface area contributed by atoms with Gasteiger partial charge < -0.3 is 4.90 Å². The van der Waals surface area contributed by atoms with Gasteiger partial charge in [0, 0.05) is 54.0 Å². The molecule has 32 heavy (non-hydrogen) atoms. The van der Waals surface area contributed by atoms with Gasteiger partial charge in [-0.15, -0.1) is 0 Å². The number of carbonyl (C=O) groups is 1. The number of hydrogen-bond acceptors (Lipinski definition) is 4. The number of amides is 1. The van der Waals surface area contributed by atoms with E-state index in [-0.39, 0.29) is 5.91 Å². The Morgan fingerprint density at radius 1 is 1.12 bits per heavy atom. The Hall–Kier alpha value is -3.25. The molecule has 0 atom stereocenters. The molecule has 7 heteroatoms. The number of imidazole rings is 1. The van der Waals surface area contributed by atoms with Gasteiger partial charge in [-0.25, -0.2) is 9.97 Å². The van der Waals surface area contributed by atoms with Gasteiger partial charge in [-0.2, -0.15) is 0 Å². The summed E-state index contributed by atoms with van der Waals surface area (Å²) in [6.07, 6.45) is 7.84. The SMILES string of the molecule is Cc1cc(Cc2ccccc2Cl)cc(C2CCN(C(=O)c3cn4cccnc4n3)CC2)n1. The topological polar surface area (TPSA) is 63.4 Å². The Labute approximate surface area is 191 Å². The quantitative estimate of drug-likeness (QED) is 0.457. The average molecular weight is 446 g/mol. The molecule has 5 rings (SSSR count). The first-order valence-corrected chi connectivity index (χ1v) is 11.2. The zero-order valence-corrected chi connectivity index (χ0v) is 18.7. The maximum atomic E-state index is 13.0. The molecule has 0 radical (unpaired) electrons. The fraction of sp³-hybridized carbons (Fsp3) is 0.280. The summed E-state index contributed by atoms with van der Waals surface area (Å²) in [4.78, 5) is 28.2. The number of pyridine rings is 1. The molecule has 0 spiro atoms. The van der Waals surface area contributed by atoms with E-state index in [1.54, 1.807) is 16.8 Å². The third-order valence-electron chi connectivity index (χ3n) is 6.04. The van der Waals surface area contributed by atoms with Crippen molar-refractivity contribution in [3.63, 3.8) is 0 Å². The number of carbonyl (C=O) groups excluding carboxylic acids is 1. The number of likely N-dealkylation sites (tertiary alicyclic amines) is 1. The van der Waals surface area contributed by atoms with Gasteiger partial charge in [-0.3, -0.25) is 14.2 Å².